The van der Waals surface area contributed by atoms with E-state index in [-0.39, 0.29) is 12.5 Å². The maximum atomic E-state index is 12.0. The van der Waals surface area contributed by atoms with Crippen molar-refractivity contribution in [2.45, 2.75) is 6.61 Å². The molecule has 7 heteroatoms. The van der Waals surface area contributed by atoms with E-state index in [2.05, 4.69) is 15.4 Å². The third-order valence-corrected chi connectivity index (χ3v) is 4.51. The largest absolute Gasteiger partial charge is 0.364 e. The lowest BCUT2D eigenvalue weighted by molar-refractivity contribution is -0.121. The minimum atomic E-state index is -0.237. The standard InChI is InChI=1S/C17H14N4O2S/c22-16(20-21-11-18-12-5-1-3-7-14(12)21)9-23-10-17-19-13-6-2-4-8-15(13)24-17/h1-8,11H,9-10H2,(H,20,22). The number of fused-ring (bicyclic) bond motifs is 2. The third kappa shape index (κ3) is 2.99. The van der Waals surface area contributed by atoms with Gasteiger partial charge >= 0.3 is 0 Å². The Morgan fingerprint density at radius 3 is 2.79 bits per heavy atom. The number of imidazole rings is 1. The molecule has 0 unspecified atom stereocenters. The van der Waals surface area contributed by atoms with Gasteiger partial charge in [-0.2, -0.15) is 0 Å². The van der Waals surface area contributed by atoms with Gasteiger partial charge in [0.25, 0.3) is 5.91 Å². The molecular weight excluding hydrogens is 324 g/mol. The van der Waals surface area contributed by atoms with Crippen LogP contribution < -0.4 is 5.43 Å². The zero-order chi connectivity index (χ0) is 16.4. The molecule has 0 aliphatic carbocycles. The van der Waals surface area contributed by atoms with E-state index in [0.717, 1.165) is 26.3 Å². The monoisotopic (exact) mass is 338 g/mol. The Morgan fingerprint density at radius 1 is 1.12 bits per heavy atom. The number of rotatable bonds is 5. The molecule has 0 saturated carbocycles. The molecule has 0 radical (unpaired) electrons. The lowest BCUT2D eigenvalue weighted by atomic mass is 10.3. The first-order valence-corrected chi connectivity index (χ1v) is 8.25. The number of carbonyl (C=O) groups is 1. The van der Waals surface area contributed by atoms with Crippen molar-refractivity contribution in [1.29, 1.82) is 0 Å². The zero-order valence-electron chi connectivity index (χ0n) is 12.7. The van der Waals surface area contributed by atoms with Gasteiger partial charge in [0.15, 0.2) is 0 Å². The Kier molecular flexibility index (Phi) is 3.94. The predicted molar refractivity (Wildman–Crippen MR) is 93.4 cm³/mol. The topological polar surface area (TPSA) is 69.0 Å². The first-order valence-electron chi connectivity index (χ1n) is 7.44. The predicted octanol–water partition coefficient (Wildman–Crippen LogP) is 2.93. The number of ether oxygens (including phenoxy) is 1. The molecule has 2 heterocycles. The van der Waals surface area contributed by atoms with Gasteiger partial charge in [-0.3, -0.25) is 10.2 Å². The third-order valence-electron chi connectivity index (χ3n) is 3.50. The van der Waals surface area contributed by atoms with Crippen LogP contribution in [0.25, 0.3) is 21.3 Å². The van der Waals surface area contributed by atoms with E-state index in [1.165, 1.54) is 0 Å². The van der Waals surface area contributed by atoms with Gasteiger partial charge in [0, 0.05) is 0 Å². The van der Waals surface area contributed by atoms with Gasteiger partial charge in [-0.25, -0.2) is 14.6 Å². The summed E-state index contributed by atoms with van der Waals surface area (Å²) < 4.78 is 8.19. The summed E-state index contributed by atoms with van der Waals surface area (Å²) >= 11 is 1.57. The average Bonchev–Trinajstić information content (AvgIpc) is 3.19. The van der Waals surface area contributed by atoms with Gasteiger partial charge in [0.1, 0.15) is 17.9 Å². The maximum Gasteiger partial charge on any atom is 0.264 e. The summed E-state index contributed by atoms with van der Waals surface area (Å²) in [7, 11) is 0. The number of carbonyl (C=O) groups excluding carboxylic acids is 1. The number of thiazole rings is 1. The van der Waals surface area contributed by atoms with Crippen LogP contribution in [0.15, 0.2) is 54.9 Å². The van der Waals surface area contributed by atoms with Gasteiger partial charge < -0.3 is 4.74 Å². The Balaban J connectivity index is 1.35. The van der Waals surface area contributed by atoms with Crippen molar-refractivity contribution in [2.24, 2.45) is 0 Å². The average molecular weight is 338 g/mol. The van der Waals surface area contributed by atoms with Crippen LogP contribution in [-0.4, -0.2) is 27.2 Å². The zero-order valence-corrected chi connectivity index (χ0v) is 13.5. The van der Waals surface area contributed by atoms with Crippen LogP contribution in [-0.2, 0) is 16.1 Å². The number of benzene rings is 2. The van der Waals surface area contributed by atoms with Crippen molar-refractivity contribution in [1.82, 2.24) is 14.6 Å². The summed E-state index contributed by atoms with van der Waals surface area (Å²) in [4.78, 5) is 20.7. The first-order chi connectivity index (χ1) is 11.8. The first kappa shape index (κ1) is 14.8. The highest BCUT2D eigenvalue weighted by atomic mass is 32.1. The normalized spacial score (nSPS) is 11.2. The van der Waals surface area contributed by atoms with Crippen LogP contribution in [0.1, 0.15) is 5.01 Å². The number of aromatic nitrogens is 3. The van der Waals surface area contributed by atoms with Crippen LogP contribution in [0.4, 0.5) is 0 Å². The number of para-hydroxylation sites is 3. The number of amides is 1. The SMILES string of the molecule is O=C(COCc1nc2ccccc2s1)Nn1cnc2ccccc21. The molecule has 0 atom stereocenters. The second kappa shape index (κ2) is 6.38. The molecule has 4 aromatic rings. The second-order valence-electron chi connectivity index (χ2n) is 5.21. The van der Waals surface area contributed by atoms with Crippen molar-refractivity contribution in [3.8, 4) is 0 Å². The molecule has 2 aromatic heterocycles. The van der Waals surface area contributed by atoms with Crippen LogP contribution in [0.5, 0.6) is 0 Å². The highest BCUT2D eigenvalue weighted by Gasteiger charge is 2.08. The Labute approximate surface area is 141 Å². The van der Waals surface area contributed by atoms with E-state index < -0.39 is 0 Å². The van der Waals surface area contributed by atoms with E-state index in [1.54, 1.807) is 22.3 Å². The summed E-state index contributed by atoms with van der Waals surface area (Å²) in [5.74, 6) is -0.237. The minimum absolute atomic E-state index is 0.0393. The quantitative estimate of drug-likeness (QED) is 0.607. The van der Waals surface area contributed by atoms with Gasteiger partial charge in [0.05, 0.1) is 27.9 Å². The van der Waals surface area contributed by atoms with E-state index >= 15 is 0 Å². The number of nitrogens with zero attached hydrogens (tertiary/aromatic N) is 3. The van der Waals surface area contributed by atoms with Gasteiger partial charge in [0.2, 0.25) is 0 Å². The summed E-state index contributed by atoms with van der Waals surface area (Å²) in [6.07, 6.45) is 1.58. The molecule has 1 N–H and O–H groups in total. The molecule has 0 fully saturated rings. The molecule has 4 rings (SSSR count). The molecule has 0 saturated heterocycles. The molecule has 0 aliphatic rings. The van der Waals surface area contributed by atoms with Gasteiger partial charge in [-0.1, -0.05) is 24.3 Å². The lowest BCUT2D eigenvalue weighted by Gasteiger charge is -2.07. The van der Waals surface area contributed by atoms with Crippen LogP contribution in [0.2, 0.25) is 0 Å². The van der Waals surface area contributed by atoms with E-state index in [9.17, 15) is 4.79 Å². The fourth-order valence-electron chi connectivity index (χ4n) is 2.43. The highest BCUT2D eigenvalue weighted by Crippen LogP contribution is 2.21. The van der Waals surface area contributed by atoms with Crippen LogP contribution in [0.3, 0.4) is 0 Å². The molecule has 0 aliphatic heterocycles. The molecule has 2 aromatic carbocycles. The summed E-state index contributed by atoms with van der Waals surface area (Å²) in [5, 5.41) is 0.858. The molecule has 120 valence electrons. The minimum Gasteiger partial charge on any atom is -0.364 e. The Morgan fingerprint density at radius 2 is 1.92 bits per heavy atom. The second-order valence-corrected chi connectivity index (χ2v) is 6.32. The van der Waals surface area contributed by atoms with Crippen molar-refractivity contribution >= 4 is 38.5 Å². The molecule has 0 bridgehead atoms. The Bertz CT molecular complexity index is 975. The summed E-state index contributed by atoms with van der Waals surface area (Å²) in [6.45, 7) is 0.278. The molecule has 24 heavy (non-hydrogen) atoms. The summed E-state index contributed by atoms with van der Waals surface area (Å²) in [5.41, 5.74) is 5.38. The van der Waals surface area contributed by atoms with Crippen LogP contribution >= 0.6 is 11.3 Å². The van der Waals surface area contributed by atoms with E-state index in [0.29, 0.717) is 6.61 Å². The smallest absolute Gasteiger partial charge is 0.264 e. The van der Waals surface area contributed by atoms with Gasteiger partial charge in [-0.05, 0) is 24.3 Å². The maximum absolute atomic E-state index is 12.0. The van der Waals surface area contributed by atoms with Crippen molar-refractivity contribution in [2.75, 3.05) is 12.0 Å². The lowest BCUT2D eigenvalue weighted by Crippen LogP contribution is -2.26. The fraction of sp³-hybridized carbons (Fsp3) is 0.118. The number of nitrogens with one attached hydrogen (secondary N) is 1. The van der Waals surface area contributed by atoms with Crippen molar-refractivity contribution < 1.29 is 9.53 Å². The fourth-order valence-corrected chi connectivity index (χ4v) is 3.33. The van der Waals surface area contributed by atoms with Crippen LogP contribution in [0, 0.1) is 0 Å². The van der Waals surface area contributed by atoms with Crippen molar-refractivity contribution in [3.05, 3.63) is 59.9 Å². The number of hydrogen-bond donors (Lipinski definition) is 1. The molecule has 6 nitrogen and oxygen atoms in total. The summed E-state index contributed by atoms with van der Waals surface area (Å²) in [6, 6.07) is 15.5. The highest BCUT2D eigenvalue weighted by molar-refractivity contribution is 7.18. The molecular formula is C17H14N4O2S. The van der Waals surface area contributed by atoms with E-state index in [1.807, 2.05) is 48.5 Å². The molecule has 0 spiro atoms. The molecule has 1 amide bonds. The van der Waals surface area contributed by atoms with Crippen molar-refractivity contribution in [3.63, 3.8) is 0 Å². The number of hydrogen-bond acceptors (Lipinski definition) is 5. The van der Waals surface area contributed by atoms with Gasteiger partial charge in [-0.15, -0.1) is 11.3 Å². The van der Waals surface area contributed by atoms with E-state index in [4.69, 9.17) is 4.74 Å². The Hall–Kier alpha value is -2.77.